The Hall–Kier alpha value is -3.08. The summed E-state index contributed by atoms with van der Waals surface area (Å²) in [6.45, 7) is 2.51. The number of hydrazone groups is 1. The normalized spacial score (nSPS) is 11.5. The Kier molecular flexibility index (Phi) is 5.78. The van der Waals surface area contributed by atoms with E-state index in [1.54, 1.807) is 23.7 Å². The predicted molar refractivity (Wildman–Crippen MR) is 114 cm³/mol. The van der Waals surface area contributed by atoms with Crippen LogP contribution in [0.15, 0.2) is 31.3 Å². The van der Waals surface area contributed by atoms with Crippen LogP contribution in [0.1, 0.15) is 18.9 Å². The summed E-state index contributed by atoms with van der Waals surface area (Å²) in [5, 5.41) is 14.1. The third kappa shape index (κ3) is 3.65. The lowest BCUT2D eigenvalue weighted by Crippen LogP contribution is -2.37. The van der Waals surface area contributed by atoms with E-state index < -0.39 is 11.2 Å². The number of aromatic hydroxyl groups is 1. The molecule has 11 heteroatoms. The molecule has 0 aliphatic heterocycles. The summed E-state index contributed by atoms with van der Waals surface area (Å²) in [6, 6.07) is 3.30. The summed E-state index contributed by atoms with van der Waals surface area (Å²) in [5.41, 5.74) is 3.28. The van der Waals surface area contributed by atoms with Gasteiger partial charge >= 0.3 is 5.69 Å². The van der Waals surface area contributed by atoms with Crippen molar-refractivity contribution >= 4 is 39.3 Å². The quantitative estimate of drug-likeness (QED) is 0.424. The van der Waals surface area contributed by atoms with Gasteiger partial charge in [0.2, 0.25) is 5.95 Å². The number of nitrogens with zero attached hydrogens (tertiary/aromatic N) is 5. The molecule has 2 aromatic heterocycles. The summed E-state index contributed by atoms with van der Waals surface area (Å²) >= 11 is 3.26. The first-order valence-corrected chi connectivity index (χ1v) is 9.61. The van der Waals surface area contributed by atoms with E-state index in [0.29, 0.717) is 39.4 Å². The van der Waals surface area contributed by atoms with Gasteiger partial charge in [0.1, 0.15) is 0 Å². The molecule has 10 nitrogen and oxygen atoms in total. The van der Waals surface area contributed by atoms with Gasteiger partial charge < -0.3 is 14.4 Å². The Labute approximate surface area is 174 Å². The van der Waals surface area contributed by atoms with Crippen molar-refractivity contribution in [1.82, 2.24) is 18.7 Å². The zero-order valence-corrected chi connectivity index (χ0v) is 18.0. The molecule has 3 aromatic rings. The lowest BCUT2D eigenvalue weighted by molar-refractivity contribution is 0.372. The molecular weight excluding hydrogens is 444 g/mol. The molecule has 0 atom stereocenters. The van der Waals surface area contributed by atoms with Crippen molar-refractivity contribution in [1.29, 1.82) is 0 Å². The van der Waals surface area contributed by atoms with Crippen molar-refractivity contribution in [3.05, 3.63) is 43.0 Å². The first kappa shape index (κ1) is 20.6. The number of hydrogen-bond acceptors (Lipinski definition) is 7. The number of halogens is 1. The molecule has 0 amide bonds. The largest absolute Gasteiger partial charge is 0.503 e. The van der Waals surface area contributed by atoms with E-state index in [2.05, 4.69) is 31.4 Å². The zero-order chi connectivity index (χ0) is 21.3. The minimum Gasteiger partial charge on any atom is -0.503 e. The van der Waals surface area contributed by atoms with Crippen LogP contribution < -0.4 is 21.4 Å². The molecular formula is C18H21BrN6O4. The highest BCUT2D eigenvalue weighted by Crippen LogP contribution is 2.34. The molecule has 0 unspecified atom stereocenters. The number of hydrogen-bond donors (Lipinski definition) is 2. The number of anilines is 1. The Morgan fingerprint density at radius 1 is 1.31 bits per heavy atom. The summed E-state index contributed by atoms with van der Waals surface area (Å²) in [4.78, 5) is 29.2. The second-order valence-electron chi connectivity index (χ2n) is 6.39. The van der Waals surface area contributed by atoms with Gasteiger partial charge in [0.25, 0.3) is 5.56 Å². The van der Waals surface area contributed by atoms with Gasteiger partial charge in [0.15, 0.2) is 22.7 Å². The fourth-order valence-corrected chi connectivity index (χ4v) is 3.42. The Morgan fingerprint density at radius 2 is 2.03 bits per heavy atom. The monoisotopic (exact) mass is 464 g/mol. The number of ether oxygens (including phenoxy) is 1. The van der Waals surface area contributed by atoms with Crippen molar-refractivity contribution in [3.8, 4) is 11.5 Å². The van der Waals surface area contributed by atoms with Crippen molar-refractivity contribution < 1.29 is 9.84 Å². The molecule has 3 rings (SSSR count). The van der Waals surface area contributed by atoms with E-state index in [4.69, 9.17) is 4.74 Å². The van der Waals surface area contributed by atoms with E-state index in [1.165, 1.54) is 24.9 Å². The second kappa shape index (κ2) is 8.11. The number of benzene rings is 1. The topological polar surface area (TPSA) is 116 Å². The summed E-state index contributed by atoms with van der Waals surface area (Å²) in [7, 11) is 4.47. The molecule has 0 spiro atoms. The molecule has 2 N–H and O–H groups in total. The molecule has 1 aromatic carbocycles. The predicted octanol–water partition coefficient (Wildman–Crippen LogP) is 1.77. The van der Waals surface area contributed by atoms with Crippen LogP contribution in [0.3, 0.4) is 0 Å². The summed E-state index contributed by atoms with van der Waals surface area (Å²) < 4.78 is 9.69. The van der Waals surface area contributed by atoms with Crippen LogP contribution in [-0.2, 0) is 20.6 Å². The van der Waals surface area contributed by atoms with E-state index >= 15 is 0 Å². The number of aromatic nitrogens is 4. The van der Waals surface area contributed by atoms with Crippen LogP contribution in [0.4, 0.5) is 5.95 Å². The maximum atomic E-state index is 12.6. The van der Waals surface area contributed by atoms with Gasteiger partial charge in [-0.05, 0) is 40.0 Å². The Bertz CT molecular complexity index is 1220. The first-order valence-electron chi connectivity index (χ1n) is 8.82. The molecule has 0 saturated heterocycles. The SMILES string of the molecule is CCCn1c(N/N=C\c2cc(Br)c(O)c(OC)c2)nc2c1c(=O)n(C)c(=O)n2C. The van der Waals surface area contributed by atoms with Crippen LogP contribution in [-0.4, -0.2) is 37.1 Å². The average molecular weight is 465 g/mol. The number of nitrogens with one attached hydrogen (secondary N) is 1. The summed E-state index contributed by atoms with van der Waals surface area (Å²) in [6.07, 6.45) is 2.29. The second-order valence-corrected chi connectivity index (χ2v) is 7.24. The van der Waals surface area contributed by atoms with E-state index in [9.17, 15) is 14.7 Å². The van der Waals surface area contributed by atoms with Crippen molar-refractivity contribution in [2.75, 3.05) is 12.5 Å². The Balaban J connectivity index is 2.04. The molecule has 0 bridgehead atoms. The Morgan fingerprint density at radius 3 is 2.69 bits per heavy atom. The van der Waals surface area contributed by atoms with Gasteiger partial charge in [-0.3, -0.25) is 13.9 Å². The highest BCUT2D eigenvalue weighted by Gasteiger charge is 2.18. The molecule has 0 radical (unpaired) electrons. The van der Waals surface area contributed by atoms with Crippen LogP contribution >= 0.6 is 15.9 Å². The number of phenolic OH excluding ortho intramolecular Hbond substituents is 1. The number of phenols is 1. The number of fused-ring (bicyclic) bond motifs is 1. The van der Waals surface area contributed by atoms with Gasteiger partial charge in [-0.2, -0.15) is 10.1 Å². The van der Waals surface area contributed by atoms with E-state index in [0.717, 1.165) is 11.0 Å². The molecule has 29 heavy (non-hydrogen) atoms. The van der Waals surface area contributed by atoms with Crippen LogP contribution in [0.2, 0.25) is 0 Å². The third-order valence-electron chi connectivity index (χ3n) is 4.44. The number of aryl methyl sites for hydroxylation is 2. The number of rotatable bonds is 6. The zero-order valence-electron chi connectivity index (χ0n) is 16.4. The smallest absolute Gasteiger partial charge is 0.332 e. The maximum Gasteiger partial charge on any atom is 0.332 e. The molecule has 0 saturated carbocycles. The highest BCUT2D eigenvalue weighted by atomic mass is 79.9. The third-order valence-corrected chi connectivity index (χ3v) is 5.05. The fraction of sp³-hybridized carbons (Fsp3) is 0.333. The number of methoxy groups -OCH3 is 1. The maximum absolute atomic E-state index is 12.6. The van der Waals surface area contributed by atoms with Crippen molar-refractivity contribution in [3.63, 3.8) is 0 Å². The highest BCUT2D eigenvalue weighted by molar-refractivity contribution is 9.10. The molecule has 0 fully saturated rings. The molecule has 154 valence electrons. The lowest BCUT2D eigenvalue weighted by Gasteiger charge is -2.08. The van der Waals surface area contributed by atoms with Crippen molar-refractivity contribution in [2.24, 2.45) is 19.2 Å². The van der Waals surface area contributed by atoms with Gasteiger partial charge in [-0.15, -0.1) is 0 Å². The van der Waals surface area contributed by atoms with E-state index in [1.807, 2.05) is 6.92 Å². The van der Waals surface area contributed by atoms with Gasteiger partial charge in [0, 0.05) is 20.6 Å². The summed E-state index contributed by atoms with van der Waals surface area (Å²) in [5.74, 6) is 0.651. The van der Waals surface area contributed by atoms with Gasteiger partial charge in [0.05, 0.1) is 17.8 Å². The standard InChI is InChI=1S/C18H21BrN6O4/c1-5-6-25-13-15(23(2)18(28)24(3)16(13)27)21-17(25)22-20-9-10-7-11(19)14(26)12(8-10)29-4/h7-9,26H,5-6H2,1-4H3,(H,21,22)/b20-9-. The minimum absolute atomic E-state index is 0.000824. The first-order chi connectivity index (χ1) is 13.8. The van der Waals surface area contributed by atoms with Crippen LogP contribution in [0, 0.1) is 0 Å². The van der Waals surface area contributed by atoms with E-state index in [-0.39, 0.29) is 5.75 Å². The van der Waals surface area contributed by atoms with Crippen LogP contribution in [0.5, 0.6) is 11.5 Å². The van der Waals surface area contributed by atoms with Crippen LogP contribution in [0.25, 0.3) is 11.2 Å². The lowest BCUT2D eigenvalue weighted by atomic mass is 10.2. The fourth-order valence-electron chi connectivity index (χ4n) is 2.96. The van der Waals surface area contributed by atoms with Crippen molar-refractivity contribution in [2.45, 2.75) is 19.9 Å². The molecule has 2 heterocycles. The average Bonchev–Trinajstić information content (AvgIpc) is 3.06. The molecule has 0 aliphatic rings. The minimum atomic E-state index is -0.445. The molecule has 0 aliphatic carbocycles. The number of imidazole rings is 1. The van der Waals surface area contributed by atoms with Gasteiger partial charge in [-0.25, -0.2) is 10.2 Å². The van der Waals surface area contributed by atoms with Gasteiger partial charge in [-0.1, -0.05) is 6.92 Å².